The van der Waals surface area contributed by atoms with Gasteiger partial charge in [-0.1, -0.05) is 30.3 Å². The van der Waals surface area contributed by atoms with E-state index in [9.17, 15) is 10.2 Å². The van der Waals surface area contributed by atoms with E-state index >= 15 is 0 Å². The van der Waals surface area contributed by atoms with Crippen molar-refractivity contribution in [2.75, 3.05) is 0 Å². The highest BCUT2D eigenvalue weighted by molar-refractivity contribution is 5.88. The Bertz CT molecular complexity index is 792. The maximum Gasteiger partial charge on any atom is 0.124 e. The average Bonchev–Trinajstić information content (AvgIpc) is 2.51. The molecule has 1 aliphatic rings. The molecule has 4 nitrogen and oxygen atoms in total. The molecular weight excluding hydrogens is 324 g/mol. The number of nitrogens with zero attached hydrogens (tertiary/aromatic N) is 1. The first-order valence-corrected chi connectivity index (χ1v) is 9.07. The molecule has 0 aliphatic carbocycles. The third-order valence-corrected chi connectivity index (χ3v) is 4.70. The molecule has 1 unspecified atom stereocenters. The minimum Gasteiger partial charge on any atom is -0.508 e. The van der Waals surface area contributed by atoms with E-state index in [0.29, 0.717) is 5.56 Å². The lowest BCUT2D eigenvalue weighted by Gasteiger charge is -2.43. The van der Waals surface area contributed by atoms with E-state index in [1.54, 1.807) is 12.1 Å². The maximum atomic E-state index is 10.4. The molecule has 1 saturated heterocycles. The Labute approximate surface area is 155 Å². The van der Waals surface area contributed by atoms with Gasteiger partial charge in [-0.25, -0.2) is 0 Å². The van der Waals surface area contributed by atoms with Gasteiger partial charge < -0.3 is 15.5 Å². The Kier molecular flexibility index (Phi) is 4.80. The standard InChI is InChI=1S/C22H28N2O2/c1-21(2)13-16(14-22(3,4)24-21)23-20(15-8-6-5-7-9-15)18-11-10-17(25)12-19(18)26/h5-12,20,24-26H,13-14H2,1-4H3. The number of phenols is 2. The third kappa shape index (κ3) is 4.25. The fourth-order valence-corrected chi connectivity index (χ4v) is 4.08. The van der Waals surface area contributed by atoms with Crippen LogP contribution in [0, 0.1) is 0 Å². The van der Waals surface area contributed by atoms with Gasteiger partial charge in [0.05, 0.1) is 0 Å². The van der Waals surface area contributed by atoms with Crippen LogP contribution in [-0.2, 0) is 0 Å². The summed E-state index contributed by atoms with van der Waals surface area (Å²) in [5.74, 6) is 0.116. The number of phenolic OH excluding ortho intramolecular Hbond substituents is 2. The van der Waals surface area contributed by atoms with Crippen molar-refractivity contribution in [3.63, 3.8) is 0 Å². The molecule has 1 atom stereocenters. The molecule has 0 saturated carbocycles. The smallest absolute Gasteiger partial charge is 0.124 e. The average molecular weight is 352 g/mol. The molecule has 3 rings (SSSR count). The molecular formula is C22H28N2O2. The van der Waals surface area contributed by atoms with E-state index in [4.69, 9.17) is 4.99 Å². The molecule has 26 heavy (non-hydrogen) atoms. The molecule has 1 aliphatic heterocycles. The Hall–Kier alpha value is -2.33. The third-order valence-electron chi connectivity index (χ3n) is 4.70. The largest absolute Gasteiger partial charge is 0.508 e. The van der Waals surface area contributed by atoms with Gasteiger partial charge in [-0.2, -0.15) is 0 Å². The molecule has 3 N–H and O–H groups in total. The number of rotatable bonds is 3. The molecule has 1 heterocycles. The van der Waals surface area contributed by atoms with Crippen LogP contribution in [-0.4, -0.2) is 27.0 Å². The van der Waals surface area contributed by atoms with E-state index < -0.39 is 0 Å². The predicted molar refractivity (Wildman–Crippen MR) is 106 cm³/mol. The molecule has 1 fully saturated rings. The van der Waals surface area contributed by atoms with Crippen LogP contribution >= 0.6 is 0 Å². The van der Waals surface area contributed by atoms with Crippen molar-refractivity contribution in [3.8, 4) is 11.5 Å². The quantitative estimate of drug-likeness (QED) is 0.758. The lowest BCUT2D eigenvalue weighted by Crippen LogP contribution is -2.58. The van der Waals surface area contributed by atoms with Gasteiger partial charge in [0.2, 0.25) is 0 Å². The molecule has 138 valence electrons. The van der Waals surface area contributed by atoms with Crippen LogP contribution in [0.2, 0.25) is 0 Å². The SMILES string of the molecule is CC1(C)CC(=NC(c2ccccc2)c2ccc(O)cc2O)CC(C)(C)N1. The predicted octanol–water partition coefficient (Wildman–Crippen LogP) is 4.57. The first kappa shape index (κ1) is 18.5. The summed E-state index contributed by atoms with van der Waals surface area (Å²) in [6.45, 7) is 8.77. The van der Waals surface area contributed by atoms with Gasteiger partial charge in [-0.05, 0) is 45.4 Å². The molecule has 4 heteroatoms. The van der Waals surface area contributed by atoms with E-state index in [-0.39, 0.29) is 28.6 Å². The number of aliphatic imine (C=N–C) groups is 1. The zero-order chi connectivity index (χ0) is 18.9. The summed E-state index contributed by atoms with van der Waals surface area (Å²) in [4.78, 5) is 5.09. The molecule has 0 aromatic heterocycles. The first-order valence-electron chi connectivity index (χ1n) is 9.07. The van der Waals surface area contributed by atoms with E-state index in [1.165, 1.54) is 6.07 Å². The summed E-state index contributed by atoms with van der Waals surface area (Å²) in [7, 11) is 0. The highest BCUT2D eigenvalue weighted by atomic mass is 16.3. The summed E-state index contributed by atoms with van der Waals surface area (Å²) >= 11 is 0. The van der Waals surface area contributed by atoms with Gasteiger partial charge in [-0.3, -0.25) is 4.99 Å². The van der Waals surface area contributed by atoms with Crippen molar-refractivity contribution in [1.82, 2.24) is 5.32 Å². The van der Waals surface area contributed by atoms with E-state index in [0.717, 1.165) is 24.1 Å². The van der Waals surface area contributed by atoms with Crippen molar-refractivity contribution < 1.29 is 10.2 Å². The van der Waals surface area contributed by atoms with E-state index in [2.05, 4.69) is 33.0 Å². The van der Waals surface area contributed by atoms with Crippen LogP contribution in [0.4, 0.5) is 0 Å². The number of piperidine rings is 1. The van der Waals surface area contributed by atoms with Crippen molar-refractivity contribution in [1.29, 1.82) is 0 Å². The summed E-state index contributed by atoms with van der Waals surface area (Å²) < 4.78 is 0. The second-order valence-electron chi connectivity index (χ2n) is 8.50. The summed E-state index contributed by atoms with van der Waals surface area (Å²) in [5.41, 5.74) is 2.81. The first-order chi connectivity index (χ1) is 12.2. The minimum absolute atomic E-state index is 0.0289. The van der Waals surface area contributed by atoms with Gasteiger partial charge in [0.1, 0.15) is 17.5 Å². The van der Waals surface area contributed by atoms with Crippen molar-refractivity contribution in [2.45, 2.75) is 57.7 Å². The monoisotopic (exact) mass is 352 g/mol. The van der Waals surface area contributed by atoms with Crippen molar-refractivity contribution in [2.24, 2.45) is 4.99 Å². The molecule has 2 aromatic rings. The maximum absolute atomic E-state index is 10.4. The van der Waals surface area contributed by atoms with Gasteiger partial charge in [0, 0.05) is 41.3 Å². The molecule has 0 bridgehead atoms. The number of nitrogens with one attached hydrogen (secondary N) is 1. The Morgan fingerprint density at radius 1 is 0.923 bits per heavy atom. The highest BCUT2D eigenvalue weighted by Crippen LogP contribution is 2.36. The molecule has 0 radical (unpaired) electrons. The highest BCUT2D eigenvalue weighted by Gasteiger charge is 2.36. The fraction of sp³-hybridized carbons (Fsp3) is 0.409. The van der Waals surface area contributed by atoms with Gasteiger partial charge in [0.15, 0.2) is 0 Å². The molecule has 0 spiro atoms. The van der Waals surface area contributed by atoms with E-state index in [1.807, 2.05) is 30.3 Å². The van der Waals surface area contributed by atoms with Crippen LogP contribution in [0.1, 0.15) is 57.7 Å². The zero-order valence-electron chi connectivity index (χ0n) is 16.0. The van der Waals surface area contributed by atoms with Crippen LogP contribution < -0.4 is 5.32 Å². The lowest BCUT2D eigenvalue weighted by atomic mass is 9.81. The number of aromatic hydroxyl groups is 2. The zero-order valence-corrected chi connectivity index (χ0v) is 16.0. The van der Waals surface area contributed by atoms with Gasteiger partial charge in [0.25, 0.3) is 0 Å². The Balaban J connectivity index is 2.07. The normalized spacial score (nSPS) is 19.8. The second kappa shape index (κ2) is 6.76. The van der Waals surface area contributed by atoms with Gasteiger partial charge in [-0.15, -0.1) is 0 Å². The van der Waals surface area contributed by atoms with Gasteiger partial charge >= 0.3 is 0 Å². The van der Waals surface area contributed by atoms with Crippen LogP contribution in [0.15, 0.2) is 53.5 Å². The Morgan fingerprint density at radius 2 is 1.54 bits per heavy atom. The van der Waals surface area contributed by atoms with Crippen LogP contribution in [0.25, 0.3) is 0 Å². The van der Waals surface area contributed by atoms with Crippen molar-refractivity contribution in [3.05, 3.63) is 59.7 Å². The van der Waals surface area contributed by atoms with Crippen LogP contribution in [0.5, 0.6) is 11.5 Å². The fourth-order valence-electron chi connectivity index (χ4n) is 4.08. The lowest BCUT2D eigenvalue weighted by molar-refractivity contribution is 0.251. The molecule has 2 aromatic carbocycles. The van der Waals surface area contributed by atoms with Crippen molar-refractivity contribution >= 4 is 5.71 Å². The summed E-state index contributed by atoms with van der Waals surface area (Å²) in [6.07, 6.45) is 1.72. The topological polar surface area (TPSA) is 64.9 Å². The number of hydrogen-bond donors (Lipinski definition) is 3. The summed E-state index contributed by atoms with van der Waals surface area (Å²) in [6, 6.07) is 14.4. The number of hydrogen-bond acceptors (Lipinski definition) is 4. The second-order valence-corrected chi connectivity index (χ2v) is 8.50. The molecule has 0 amide bonds. The number of benzene rings is 2. The van der Waals surface area contributed by atoms with Crippen LogP contribution in [0.3, 0.4) is 0 Å². The minimum atomic E-state index is -0.295. The summed E-state index contributed by atoms with van der Waals surface area (Å²) in [5, 5.41) is 23.7. The Morgan fingerprint density at radius 3 is 2.12 bits per heavy atom.